The molecule has 0 saturated carbocycles. The van der Waals surface area contributed by atoms with Gasteiger partial charge in [-0.25, -0.2) is 4.79 Å². The molecule has 0 aliphatic rings. The summed E-state index contributed by atoms with van der Waals surface area (Å²) in [4.78, 5) is 11.8. The Labute approximate surface area is 128 Å². The van der Waals surface area contributed by atoms with Gasteiger partial charge in [-0.15, -0.1) is 0 Å². The molecular weight excluding hydrogens is 288 g/mol. The second-order valence-electron chi connectivity index (χ2n) is 4.76. The Bertz CT molecular complexity index is 644. The summed E-state index contributed by atoms with van der Waals surface area (Å²) in [6.07, 6.45) is 0.711. The van der Waals surface area contributed by atoms with Crippen molar-refractivity contribution in [3.05, 3.63) is 58.6 Å². The molecule has 3 N–H and O–H groups in total. The van der Waals surface area contributed by atoms with Gasteiger partial charge in [0.15, 0.2) is 0 Å². The first-order valence-electron chi connectivity index (χ1n) is 6.63. The third-order valence-corrected chi connectivity index (χ3v) is 3.28. The monoisotopic (exact) mass is 304 g/mol. The van der Waals surface area contributed by atoms with Gasteiger partial charge in [0.25, 0.3) is 0 Å². The molecule has 0 aliphatic heterocycles. The number of rotatable bonds is 4. The van der Waals surface area contributed by atoms with E-state index in [1.807, 2.05) is 31.2 Å². The standard InChI is InChI=1S/C16H17ClN2O2/c1-11-9-14(20)5-6-15(11)19-16(21)18-8-7-12-3-2-4-13(17)10-12/h2-6,9-10,20H,7-8H2,1H3,(H2,18,19,21). The lowest BCUT2D eigenvalue weighted by molar-refractivity contribution is 0.252. The summed E-state index contributed by atoms with van der Waals surface area (Å²) in [5.74, 6) is 0.180. The Hall–Kier alpha value is -2.20. The molecule has 0 aliphatic carbocycles. The zero-order chi connectivity index (χ0) is 15.2. The number of hydrogen-bond acceptors (Lipinski definition) is 2. The first-order chi connectivity index (χ1) is 10.0. The maximum absolute atomic E-state index is 11.8. The molecule has 5 heteroatoms. The van der Waals surface area contributed by atoms with Gasteiger partial charge in [-0.05, 0) is 54.8 Å². The number of hydrogen-bond donors (Lipinski definition) is 3. The highest BCUT2D eigenvalue weighted by Gasteiger charge is 2.04. The molecule has 0 fully saturated rings. The summed E-state index contributed by atoms with van der Waals surface area (Å²) in [5, 5.41) is 15.5. The van der Waals surface area contributed by atoms with E-state index in [2.05, 4.69) is 10.6 Å². The molecule has 0 unspecified atom stereocenters. The van der Waals surface area contributed by atoms with Crippen LogP contribution >= 0.6 is 11.6 Å². The Kier molecular flexibility index (Phi) is 5.06. The number of phenolic OH excluding ortho intramolecular Hbond substituents is 1. The summed E-state index contributed by atoms with van der Waals surface area (Å²) in [7, 11) is 0. The van der Waals surface area contributed by atoms with Crippen LogP contribution in [0.3, 0.4) is 0 Å². The molecule has 110 valence electrons. The molecule has 0 atom stereocenters. The number of aromatic hydroxyl groups is 1. The van der Waals surface area contributed by atoms with Crippen molar-refractivity contribution in [2.45, 2.75) is 13.3 Å². The fourth-order valence-corrected chi connectivity index (χ4v) is 2.18. The van der Waals surface area contributed by atoms with Crippen LogP contribution in [0.5, 0.6) is 5.75 Å². The minimum Gasteiger partial charge on any atom is -0.508 e. The van der Waals surface area contributed by atoms with Gasteiger partial charge in [-0.3, -0.25) is 0 Å². The summed E-state index contributed by atoms with van der Waals surface area (Å²) in [5.41, 5.74) is 2.55. The van der Waals surface area contributed by atoms with E-state index in [1.165, 1.54) is 6.07 Å². The number of carbonyl (C=O) groups excluding carboxylic acids is 1. The third-order valence-electron chi connectivity index (χ3n) is 3.05. The average molecular weight is 305 g/mol. The molecular formula is C16H17ClN2O2. The van der Waals surface area contributed by atoms with Crippen molar-refractivity contribution in [2.24, 2.45) is 0 Å². The molecule has 2 aromatic carbocycles. The van der Waals surface area contributed by atoms with Crippen molar-refractivity contribution < 1.29 is 9.90 Å². The quantitative estimate of drug-likeness (QED) is 0.754. The van der Waals surface area contributed by atoms with Gasteiger partial charge >= 0.3 is 6.03 Å². The first kappa shape index (κ1) is 15.2. The fourth-order valence-electron chi connectivity index (χ4n) is 1.97. The van der Waals surface area contributed by atoms with E-state index in [0.717, 1.165) is 11.1 Å². The Morgan fingerprint density at radius 1 is 1.24 bits per heavy atom. The van der Waals surface area contributed by atoms with E-state index in [1.54, 1.807) is 12.1 Å². The van der Waals surface area contributed by atoms with Crippen molar-refractivity contribution >= 4 is 23.3 Å². The van der Waals surface area contributed by atoms with Gasteiger partial charge in [0.1, 0.15) is 5.75 Å². The predicted molar refractivity (Wildman–Crippen MR) is 85.0 cm³/mol. The fraction of sp³-hybridized carbons (Fsp3) is 0.188. The summed E-state index contributed by atoms with van der Waals surface area (Å²) in [6, 6.07) is 12.1. The maximum Gasteiger partial charge on any atom is 0.319 e. The number of benzene rings is 2. The largest absolute Gasteiger partial charge is 0.508 e. The number of urea groups is 1. The molecule has 0 saturated heterocycles. The molecule has 2 aromatic rings. The SMILES string of the molecule is Cc1cc(O)ccc1NC(=O)NCCc1cccc(Cl)c1. The smallest absolute Gasteiger partial charge is 0.319 e. The van der Waals surface area contributed by atoms with Crippen LogP contribution in [0.2, 0.25) is 5.02 Å². The predicted octanol–water partition coefficient (Wildman–Crippen LogP) is 3.72. The Morgan fingerprint density at radius 2 is 2.05 bits per heavy atom. The summed E-state index contributed by atoms with van der Waals surface area (Å²) < 4.78 is 0. The number of halogens is 1. The van der Waals surface area contributed by atoms with Gasteiger partial charge in [0, 0.05) is 17.3 Å². The number of carbonyl (C=O) groups is 1. The lowest BCUT2D eigenvalue weighted by Gasteiger charge is -2.10. The number of phenols is 1. The van der Waals surface area contributed by atoms with E-state index in [9.17, 15) is 9.90 Å². The van der Waals surface area contributed by atoms with Gasteiger partial charge in [0.05, 0.1) is 0 Å². The summed E-state index contributed by atoms with van der Waals surface area (Å²) in [6.45, 7) is 2.34. The van der Waals surface area contributed by atoms with Crippen molar-refractivity contribution in [3.63, 3.8) is 0 Å². The number of anilines is 1. The minimum absolute atomic E-state index is 0.180. The van der Waals surface area contributed by atoms with Crippen LogP contribution in [0.25, 0.3) is 0 Å². The molecule has 0 heterocycles. The second kappa shape index (κ2) is 6.99. The molecule has 0 spiro atoms. The summed E-state index contributed by atoms with van der Waals surface area (Å²) >= 11 is 5.90. The topological polar surface area (TPSA) is 61.4 Å². The molecule has 0 bridgehead atoms. The van der Waals surface area contributed by atoms with Crippen molar-refractivity contribution in [1.29, 1.82) is 0 Å². The molecule has 0 aromatic heterocycles. The lowest BCUT2D eigenvalue weighted by Crippen LogP contribution is -2.30. The van der Waals surface area contributed by atoms with Crippen molar-refractivity contribution in [3.8, 4) is 5.75 Å². The van der Waals surface area contributed by atoms with Gasteiger partial charge in [0.2, 0.25) is 0 Å². The number of amides is 2. The van der Waals surface area contributed by atoms with Crippen LogP contribution in [-0.2, 0) is 6.42 Å². The van der Waals surface area contributed by atoms with Gasteiger partial charge in [-0.2, -0.15) is 0 Å². The van der Waals surface area contributed by atoms with Crippen LogP contribution in [0.1, 0.15) is 11.1 Å². The zero-order valence-electron chi connectivity index (χ0n) is 11.7. The van der Waals surface area contributed by atoms with Crippen LogP contribution in [0, 0.1) is 6.92 Å². The molecule has 4 nitrogen and oxygen atoms in total. The number of aryl methyl sites for hydroxylation is 1. The van der Waals surface area contributed by atoms with E-state index in [0.29, 0.717) is 23.7 Å². The van der Waals surface area contributed by atoms with E-state index in [-0.39, 0.29) is 11.8 Å². The van der Waals surface area contributed by atoms with Crippen molar-refractivity contribution in [1.82, 2.24) is 5.32 Å². The molecule has 0 radical (unpaired) electrons. The highest BCUT2D eigenvalue weighted by Crippen LogP contribution is 2.19. The highest BCUT2D eigenvalue weighted by molar-refractivity contribution is 6.30. The van der Waals surface area contributed by atoms with E-state index >= 15 is 0 Å². The molecule has 2 amide bonds. The third kappa shape index (κ3) is 4.68. The van der Waals surface area contributed by atoms with Crippen LogP contribution in [-0.4, -0.2) is 17.7 Å². The second-order valence-corrected chi connectivity index (χ2v) is 5.20. The average Bonchev–Trinajstić information content (AvgIpc) is 2.42. The number of nitrogens with one attached hydrogen (secondary N) is 2. The molecule has 21 heavy (non-hydrogen) atoms. The zero-order valence-corrected chi connectivity index (χ0v) is 12.4. The first-order valence-corrected chi connectivity index (χ1v) is 7.01. The van der Waals surface area contributed by atoms with Crippen molar-refractivity contribution in [2.75, 3.05) is 11.9 Å². The van der Waals surface area contributed by atoms with Gasteiger partial charge < -0.3 is 15.7 Å². The normalized spacial score (nSPS) is 10.2. The molecule has 2 rings (SSSR count). The van der Waals surface area contributed by atoms with E-state index in [4.69, 9.17) is 11.6 Å². The van der Waals surface area contributed by atoms with Gasteiger partial charge in [-0.1, -0.05) is 23.7 Å². The van der Waals surface area contributed by atoms with E-state index < -0.39 is 0 Å². The van der Waals surface area contributed by atoms with Crippen LogP contribution < -0.4 is 10.6 Å². The van der Waals surface area contributed by atoms with Crippen LogP contribution in [0.15, 0.2) is 42.5 Å². The lowest BCUT2D eigenvalue weighted by atomic mass is 10.1. The maximum atomic E-state index is 11.8. The minimum atomic E-state index is -0.272. The Balaban J connectivity index is 1.82. The van der Waals surface area contributed by atoms with Crippen LogP contribution in [0.4, 0.5) is 10.5 Å². The Morgan fingerprint density at radius 3 is 2.76 bits per heavy atom. The highest BCUT2D eigenvalue weighted by atomic mass is 35.5.